The molecule has 7 nitrogen and oxygen atoms in total. The van der Waals surface area contributed by atoms with E-state index in [9.17, 15) is 9.59 Å². The second-order valence-electron chi connectivity index (χ2n) is 12.1. The van der Waals surface area contributed by atoms with E-state index in [0.717, 1.165) is 24.9 Å². The number of likely N-dealkylation sites (N-methyl/N-ethyl adjacent to an activating group) is 1. The van der Waals surface area contributed by atoms with Crippen LogP contribution < -0.4 is 20.4 Å². The summed E-state index contributed by atoms with van der Waals surface area (Å²) in [6, 6.07) is 1.40. The van der Waals surface area contributed by atoms with Gasteiger partial charge in [-0.3, -0.25) is 9.59 Å². The smallest absolute Gasteiger partial charge is 0.257 e. The Kier molecular flexibility index (Phi) is 5.14. The van der Waals surface area contributed by atoms with Crippen molar-refractivity contribution in [1.82, 2.24) is 14.8 Å². The number of nitrogens with one attached hydrogen (secondary N) is 1. The van der Waals surface area contributed by atoms with Crippen LogP contribution in [0.4, 0.5) is 10.1 Å². The highest BCUT2D eigenvalue weighted by Crippen LogP contribution is 2.53. The fourth-order valence-electron chi connectivity index (χ4n) is 8.09. The molecule has 192 valence electrons. The monoisotopic (exact) mass is 494 g/mol. The molecule has 8 heteroatoms. The van der Waals surface area contributed by atoms with Gasteiger partial charge >= 0.3 is 0 Å². The maximum absolute atomic E-state index is 15.6. The lowest BCUT2D eigenvalue weighted by molar-refractivity contribution is -0.0119. The summed E-state index contributed by atoms with van der Waals surface area (Å²) < 4.78 is 23.6. The molecule has 4 aliphatic carbocycles. The summed E-state index contributed by atoms with van der Waals surface area (Å²) in [7, 11) is 2.06. The molecular formula is C28H35FN4O3. The van der Waals surface area contributed by atoms with Crippen molar-refractivity contribution in [2.45, 2.75) is 51.1 Å². The highest BCUT2D eigenvalue weighted by atomic mass is 19.1. The van der Waals surface area contributed by atoms with Gasteiger partial charge < -0.3 is 24.4 Å². The number of benzene rings is 1. The minimum absolute atomic E-state index is 0.0703. The first-order valence-corrected chi connectivity index (χ1v) is 13.7. The topological polar surface area (TPSA) is 66.8 Å². The molecule has 1 N–H and O–H groups in total. The van der Waals surface area contributed by atoms with Crippen LogP contribution in [0.15, 0.2) is 17.1 Å². The largest absolute Gasteiger partial charge is 0.487 e. The Balaban J connectivity index is 1.28. The molecule has 1 amide bonds. The SMILES string of the molecule is CC1COc2c(N3CCN(C)CC3)c(F)cc3c(=O)c(C(=O)NC4C5CC6CC(C5)CC4C6)cn1c23. The summed E-state index contributed by atoms with van der Waals surface area (Å²) in [6.07, 6.45) is 7.82. The lowest BCUT2D eigenvalue weighted by Crippen LogP contribution is -2.56. The molecule has 5 fully saturated rings. The van der Waals surface area contributed by atoms with Crippen molar-refractivity contribution in [2.75, 3.05) is 44.7 Å². The predicted molar refractivity (Wildman–Crippen MR) is 136 cm³/mol. The molecule has 3 heterocycles. The van der Waals surface area contributed by atoms with Gasteiger partial charge in [0.05, 0.1) is 16.9 Å². The predicted octanol–water partition coefficient (Wildman–Crippen LogP) is 3.40. The molecular weight excluding hydrogens is 459 g/mol. The zero-order chi connectivity index (χ0) is 24.7. The molecule has 8 rings (SSSR count). The van der Waals surface area contributed by atoms with Gasteiger partial charge in [-0.25, -0.2) is 4.39 Å². The van der Waals surface area contributed by atoms with Crippen molar-refractivity contribution in [1.29, 1.82) is 0 Å². The molecule has 6 aliphatic rings. The van der Waals surface area contributed by atoms with Crippen LogP contribution in [0.5, 0.6) is 5.75 Å². The molecule has 2 aliphatic heterocycles. The molecule has 0 spiro atoms. The Labute approximate surface area is 210 Å². The third kappa shape index (κ3) is 3.40. The number of hydrogen-bond donors (Lipinski definition) is 1. The van der Waals surface area contributed by atoms with Crippen LogP contribution in [0.25, 0.3) is 10.9 Å². The lowest BCUT2D eigenvalue weighted by atomic mass is 9.54. The first-order chi connectivity index (χ1) is 17.4. The number of anilines is 1. The molecule has 1 unspecified atom stereocenters. The third-order valence-corrected chi connectivity index (χ3v) is 9.73. The molecule has 1 aromatic heterocycles. The van der Waals surface area contributed by atoms with E-state index in [1.807, 2.05) is 16.4 Å². The quantitative estimate of drug-likeness (QED) is 0.709. The molecule has 36 heavy (non-hydrogen) atoms. The molecule has 4 saturated carbocycles. The molecule has 0 radical (unpaired) electrons. The molecule has 1 aromatic carbocycles. The Hall–Kier alpha value is -2.61. The van der Waals surface area contributed by atoms with Crippen LogP contribution in [0, 0.1) is 29.5 Å². The number of rotatable bonds is 3. The summed E-state index contributed by atoms with van der Waals surface area (Å²) in [4.78, 5) is 31.4. The Morgan fingerprint density at radius 1 is 1.06 bits per heavy atom. The van der Waals surface area contributed by atoms with E-state index >= 15 is 4.39 Å². The normalized spacial score (nSPS) is 33.1. The molecule has 1 atom stereocenters. The van der Waals surface area contributed by atoms with E-state index in [2.05, 4.69) is 17.3 Å². The highest BCUT2D eigenvalue weighted by molar-refractivity contribution is 6.00. The summed E-state index contributed by atoms with van der Waals surface area (Å²) >= 11 is 0. The summed E-state index contributed by atoms with van der Waals surface area (Å²) in [5.74, 6) is 2.33. The first kappa shape index (κ1) is 22.6. The van der Waals surface area contributed by atoms with E-state index in [4.69, 9.17) is 4.74 Å². The van der Waals surface area contributed by atoms with Crippen LogP contribution >= 0.6 is 0 Å². The Morgan fingerprint density at radius 3 is 2.39 bits per heavy atom. The minimum Gasteiger partial charge on any atom is -0.487 e. The maximum Gasteiger partial charge on any atom is 0.257 e. The molecule has 1 saturated heterocycles. The fraction of sp³-hybridized carbons (Fsp3) is 0.643. The Morgan fingerprint density at radius 2 is 1.72 bits per heavy atom. The number of pyridine rings is 1. The van der Waals surface area contributed by atoms with E-state index in [-0.39, 0.29) is 28.9 Å². The van der Waals surface area contributed by atoms with Gasteiger partial charge in [0, 0.05) is 38.4 Å². The number of nitrogens with zero attached hydrogens (tertiary/aromatic N) is 3. The summed E-state index contributed by atoms with van der Waals surface area (Å²) in [5.41, 5.74) is 0.731. The second-order valence-corrected chi connectivity index (χ2v) is 12.1. The maximum atomic E-state index is 15.6. The number of aromatic nitrogens is 1. The van der Waals surface area contributed by atoms with Gasteiger partial charge in [-0.1, -0.05) is 0 Å². The summed E-state index contributed by atoms with van der Waals surface area (Å²) in [5, 5.41) is 3.50. The van der Waals surface area contributed by atoms with Crippen molar-refractivity contribution in [3.05, 3.63) is 33.9 Å². The molecule has 2 aromatic rings. The summed E-state index contributed by atoms with van der Waals surface area (Å²) in [6.45, 7) is 5.44. The van der Waals surface area contributed by atoms with E-state index < -0.39 is 11.2 Å². The average molecular weight is 495 g/mol. The van der Waals surface area contributed by atoms with E-state index in [1.165, 1.54) is 38.2 Å². The van der Waals surface area contributed by atoms with Crippen molar-refractivity contribution in [3.8, 4) is 5.75 Å². The number of amides is 1. The van der Waals surface area contributed by atoms with E-state index in [1.54, 1.807) is 6.20 Å². The number of ether oxygens (including phenoxy) is 1. The van der Waals surface area contributed by atoms with Crippen LogP contribution in [-0.2, 0) is 0 Å². The van der Waals surface area contributed by atoms with Crippen LogP contribution in [0.3, 0.4) is 0 Å². The van der Waals surface area contributed by atoms with Crippen molar-refractivity contribution in [3.63, 3.8) is 0 Å². The zero-order valence-electron chi connectivity index (χ0n) is 21.1. The number of carbonyl (C=O) groups excluding carboxylic acids is 1. The second kappa shape index (κ2) is 8.20. The number of hydrogen-bond acceptors (Lipinski definition) is 5. The van der Waals surface area contributed by atoms with Gasteiger partial charge in [0.1, 0.15) is 17.9 Å². The number of carbonyl (C=O) groups is 1. The van der Waals surface area contributed by atoms with Crippen molar-refractivity contribution < 1.29 is 13.9 Å². The average Bonchev–Trinajstić information content (AvgIpc) is 2.85. The third-order valence-electron chi connectivity index (χ3n) is 9.73. The van der Waals surface area contributed by atoms with Gasteiger partial charge in [-0.15, -0.1) is 0 Å². The van der Waals surface area contributed by atoms with E-state index in [0.29, 0.717) is 48.5 Å². The van der Waals surface area contributed by atoms with Crippen LogP contribution in [0.2, 0.25) is 0 Å². The number of piperazine rings is 1. The minimum atomic E-state index is -0.459. The van der Waals surface area contributed by atoms with Gasteiger partial charge in [-0.05, 0) is 75.8 Å². The zero-order valence-corrected chi connectivity index (χ0v) is 21.1. The molecule has 4 bridgehead atoms. The first-order valence-electron chi connectivity index (χ1n) is 13.7. The lowest BCUT2D eigenvalue weighted by Gasteiger charge is -2.54. The highest BCUT2D eigenvalue weighted by Gasteiger charge is 2.48. The van der Waals surface area contributed by atoms with Crippen LogP contribution in [-0.4, -0.2) is 61.2 Å². The standard InChI is InChI=1S/C28H35FN4O3/c1-15-14-36-27-24-20(12-22(29)25(27)32-5-3-31(2)4-6-32)26(34)21(13-33(15)24)28(35)30-23-18-8-16-7-17(10-18)11-19(23)9-16/h12-13,15-19,23H,3-11,14H2,1-2H3,(H,30,35). The van der Waals surface area contributed by atoms with Gasteiger partial charge in [0.2, 0.25) is 5.43 Å². The van der Waals surface area contributed by atoms with Gasteiger partial charge in [-0.2, -0.15) is 0 Å². The van der Waals surface area contributed by atoms with Gasteiger partial charge in [0.25, 0.3) is 5.91 Å². The van der Waals surface area contributed by atoms with Crippen molar-refractivity contribution in [2.24, 2.45) is 23.7 Å². The van der Waals surface area contributed by atoms with Crippen molar-refractivity contribution >= 4 is 22.5 Å². The number of halogens is 1. The fourth-order valence-corrected chi connectivity index (χ4v) is 8.09. The van der Waals surface area contributed by atoms with Gasteiger partial charge in [0.15, 0.2) is 11.6 Å². The Bertz CT molecular complexity index is 1270. The van der Waals surface area contributed by atoms with Crippen LogP contribution in [0.1, 0.15) is 55.4 Å².